The van der Waals surface area contributed by atoms with Gasteiger partial charge < -0.3 is 10.1 Å². The Morgan fingerprint density at radius 1 is 0.525 bits per heavy atom. The molecule has 1 N–H and O–H groups in total. The van der Waals surface area contributed by atoms with Crippen LogP contribution in [0.5, 0.6) is 0 Å². The Balaban J connectivity index is 1.45. The van der Waals surface area contributed by atoms with Gasteiger partial charge in [0.15, 0.2) is 12.1 Å². The zero-order valence-corrected chi connectivity index (χ0v) is 21.7. The molecular formula is C36H27NO3. The van der Waals surface area contributed by atoms with Crippen LogP contribution in [0.2, 0.25) is 0 Å². The van der Waals surface area contributed by atoms with Gasteiger partial charge in [0, 0.05) is 16.7 Å². The zero-order valence-electron chi connectivity index (χ0n) is 21.7. The van der Waals surface area contributed by atoms with E-state index in [4.69, 9.17) is 4.74 Å². The van der Waals surface area contributed by atoms with Crippen molar-refractivity contribution in [1.29, 1.82) is 0 Å². The van der Waals surface area contributed by atoms with Crippen LogP contribution in [-0.2, 0) is 9.53 Å². The summed E-state index contributed by atoms with van der Waals surface area (Å²) < 4.78 is 6.44. The molecule has 0 aliphatic heterocycles. The fraction of sp³-hybridized carbons (Fsp3) is 0.0556. The summed E-state index contributed by atoms with van der Waals surface area (Å²) in [4.78, 5) is 27.3. The molecule has 1 atom stereocenters. The molecular weight excluding hydrogens is 494 g/mol. The highest BCUT2D eigenvalue weighted by atomic mass is 16.5. The number of hydrogen-bond acceptors (Lipinski definition) is 3. The van der Waals surface area contributed by atoms with Crippen LogP contribution in [0.15, 0.2) is 146 Å². The monoisotopic (exact) mass is 521 g/mol. The van der Waals surface area contributed by atoms with Crippen LogP contribution in [0, 0.1) is 0 Å². The van der Waals surface area contributed by atoms with Crippen molar-refractivity contribution in [3.8, 4) is 0 Å². The first kappa shape index (κ1) is 25.1. The summed E-state index contributed by atoms with van der Waals surface area (Å²) in [5.41, 5.74) is 2.87. The minimum Gasteiger partial charge on any atom is -0.451 e. The van der Waals surface area contributed by atoms with E-state index in [1.54, 1.807) is 24.3 Å². The van der Waals surface area contributed by atoms with Gasteiger partial charge in [0.05, 0.1) is 0 Å². The van der Waals surface area contributed by atoms with Gasteiger partial charge in [-0.15, -0.1) is 0 Å². The number of rotatable bonds is 7. The quantitative estimate of drug-likeness (QED) is 0.218. The molecule has 0 bridgehead atoms. The topological polar surface area (TPSA) is 55.4 Å². The lowest BCUT2D eigenvalue weighted by Gasteiger charge is -2.25. The number of hydrogen-bond donors (Lipinski definition) is 1. The van der Waals surface area contributed by atoms with E-state index in [-0.39, 0.29) is 5.91 Å². The summed E-state index contributed by atoms with van der Waals surface area (Å²) in [5.74, 6) is -0.889. The van der Waals surface area contributed by atoms with Crippen molar-refractivity contribution in [3.05, 3.63) is 168 Å². The van der Waals surface area contributed by atoms with Crippen LogP contribution in [-0.4, -0.2) is 11.9 Å². The Bertz CT molecular complexity index is 1710. The van der Waals surface area contributed by atoms with E-state index in [9.17, 15) is 9.59 Å². The molecule has 0 spiro atoms. The molecule has 0 heterocycles. The second-order valence-corrected chi connectivity index (χ2v) is 9.64. The standard InChI is InChI=1S/C36H27NO3/c38-35(28-17-5-2-6-18-28)37-33(27-15-3-1-4-16-27)36(39)40-34(31-23-11-19-25-13-7-9-21-29(25)31)32-24-12-20-26-14-8-10-22-30(26)32/h1-24,33-34H,(H,37,38)/t33-/m0/s1. The van der Waals surface area contributed by atoms with Gasteiger partial charge >= 0.3 is 5.97 Å². The zero-order chi connectivity index (χ0) is 27.3. The number of carbonyl (C=O) groups is 2. The average molecular weight is 522 g/mol. The summed E-state index contributed by atoms with van der Waals surface area (Å²) in [5, 5.41) is 7.03. The molecule has 0 aliphatic carbocycles. The van der Waals surface area contributed by atoms with Gasteiger partial charge in [0.1, 0.15) is 0 Å². The van der Waals surface area contributed by atoms with Crippen molar-refractivity contribution < 1.29 is 14.3 Å². The van der Waals surface area contributed by atoms with Gasteiger partial charge in [-0.1, -0.05) is 133 Å². The van der Waals surface area contributed by atoms with Crippen LogP contribution in [0.4, 0.5) is 0 Å². The molecule has 0 saturated heterocycles. The highest BCUT2D eigenvalue weighted by Crippen LogP contribution is 2.36. The van der Waals surface area contributed by atoms with Crippen LogP contribution in [0.25, 0.3) is 21.5 Å². The molecule has 0 saturated carbocycles. The van der Waals surface area contributed by atoms with Gasteiger partial charge in [0.25, 0.3) is 5.91 Å². The fourth-order valence-corrected chi connectivity index (χ4v) is 5.16. The lowest BCUT2D eigenvalue weighted by atomic mass is 9.92. The van der Waals surface area contributed by atoms with Crippen molar-refractivity contribution in [2.24, 2.45) is 0 Å². The number of carbonyl (C=O) groups excluding carboxylic acids is 2. The molecule has 194 valence electrons. The Morgan fingerprint density at radius 2 is 1.00 bits per heavy atom. The van der Waals surface area contributed by atoms with Gasteiger partial charge in [0.2, 0.25) is 0 Å². The maximum Gasteiger partial charge on any atom is 0.334 e. The number of benzene rings is 6. The summed E-state index contributed by atoms with van der Waals surface area (Å²) in [7, 11) is 0. The number of nitrogens with one attached hydrogen (secondary N) is 1. The van der Waals surface area contributed by atoms with Crippen molar-refractivity contribution in [3.63, 3.8) is 0 Å². The maximum absolute atomic E-state index is 14.1. The van der Waals surface area contributed by atoms with E-state index in [1.165, 1.54) is 0 Å². The molecule has 1 amide bonds. The van der Waals surface area contributed by atoms with E-state index in [1.807, 2.05) is 121 Å². The number of ether oxygens (including phenoxy) is 1. The highest BCUT2D eigenvalue weighted by molar-refractivity contribution is 5.97. The Hall–Kier alpha value is -5.22. The molecule has 0 aromatic heterocycles. The summed E-state index contributed by atoms with van der Waals surface area (Å²) >= 11 is 0. The van der Waals surface area contributed by atoms with Crippen LogP contribution < -0.4 is 5.32 Å². The predicted molar refractivity (Wildman–Crippen MR) is 159 cm³/mol. The first-order valence-corrected chi connectivity index (χ1v) is 13.3. The summed E-state index contributed by atoms with van der Waals surface area (Å²) in [6.07, 6.45) is -0.704. The smallest absolute Gasteiger partial charge is 0.334 e. The molecule has 6 aromatic rings. The van der Waals surface area contributed by atoms with Gasteiger partial charge in [-0.3, -0.25) is 4.79 Å². The number of fused-ring (bicyclic) bond motifs is 2. The van der Waals surface area contributed by atoms with E-state index >= 15 is 0 Å². The Kier molecular flexibility index (Phi) is 7.06. The summed E-state index contributed by atoms with van der Waals surface area (Å²) in [6.45, 7) is 0. The van der Waals surface area contributed by atoms with E-state index < -0.39 is 18.1 Å². The van der Waals surface area contributed by atoms with Gasteiger partial charge in [-0.05, 0) is 39.2 Å². The Morgan fingerprint density at radius 3 is 1.57 bits per heavy atom. The first-order valence-electron chi connectivity index (χ1n) is 13.3. The molecule has 0 unspecified atom stereocenters. The third-order valence-electron chi connectivity index (χ3n) is 7.13. The fourth-order valence-electron chi connectivity index (χ4n) is 5.16. The predicted octanol–water partition coefficient (Wildman–Crippen LogP) is 7.80. The minimum absolute atomic E-state index is 0.349. The molecule has 0 aliphatic rings. The second kappa shape index (κ2) is 11.3. The molecule has 4 heteroatoms. The maximum atomic E-state index is 14.1. The lowest BCUT2D eigenvalue weighted by molar-refractivity contribution is -0.150. The van der Waals surface area contributed by atoms with Crippen molar-refractivity contribution in [1.82, 2.24) is 5.32 Å². The summed E-state index contributed by atoms with van der Waals surface area (Å²) in [6, 6.07) is 45.3. The van der Waals surface area contributed by atoms with Gasteiger partial charge in [-0.25, -0.2) is 4.79 Å². The Labute approximate surface area is 232 Å². The van der Waals surface area contributed by atoms with E-state index in [0.29, 0.717) is 11.1 Å². The van der Waals surface area contributed by atoms with Crippen molar-refractivity contribution in [2.45, 2.75) is 12.1 Å². The third-order valence-corrected chi connectivity index (χ3v) is 7.13. The minimum atomic E-state index is -0.999. The van der Waals surface area contributed by atoms with Crippen molar-refractivity contribution in [2.75, 3.05) is 0 Å². The van der Waals surface area contributed by atoms with E-state index in [0.717, 1.165) is 32.7 Å². The molecule has 6 aromatic carbocycles. The second-order valence-electron chi connectivity index (χ2n) is 9.64. The van der Waals surface area contributed by atoms with Crippen LogP contribution in [0.1, 0.15) is 39.2 Å². The van der Waals surface area contributed by atoms with Crippen LogP contribution in [0.3, 0.4) is 0 Å². The largest absolute Gasteiger partial charge is 0.451 e. The lowest BCUT2D eigenvalue weighted by Crippen LogP contribution is -2.35. The average Bonchev–Trinajstić information content (AvgIpc) is 3.02. The SMILES string of the molecule is O=C(N[C@H](C(=O)OC(c1cccc2ccccc12)c1cccc2ccccc12)c1ccccc1)c1ccccc1. The van der Waals surface area contributed by atoms with Gasteiger partial charge in [-0.2, -0.15) is 0 Å². The molecule has 40 heavy (non-hydrogen) atoms. The highest BCUT2D eigenvalue weighted by Gasteiger charge is 2.30. The van der Waals surface area contributed by atoms with Crippen LogP contribution >= 0.6 is 0 Å². The first-order chi connectivity index (χ1) is 19.7. The number of amides is 1. The molecule has 0 fully saturated rings. The van der Waals surface area contributed by atoms with E-state index in [2.05, 4.69) is 5.32 Å². The molecule has 4 nitrogen and oxygen atoms in total. The van der Waals surface area contributed by atoms with Crippen molar-refractivity contribution >= 4 is 33.4 Å². The molecule has 6 rings (SSSR count). The normalized spacial score (nSPS) is 11.8. The molecule has 0 radical (unpaired) electrons. The number of esters is 1. The third kappa shape index (κ3) is 5.07.